The molecule has 7 heteroatoms. The van der Waals surface area contributed by atoms with Crippen LogP contribution in [0.25, 0.3) is 10.9 Å². The van der Waals surface area contributed by atoms with Crippen LogP contribution < -0.4 is 15.6 Å². The van der Waals surface area contributed by atoms with E-state index < -0.39 is 5.91 Å². The highest BCUT2D eigenvalue weighted by Crippen LogP contribution is 2.27. The Morgan fingerprint density at radius 2 is 1.47 bits per heavy atom. The van der Waals surface area contributed by atoms with E-state index in [4.69, 9.17) is 0 Å². The van der Waals surface area contributed by atoms with Gasteiger partial charge in [-0.1, -0.05) is 42.5 Å². The summed E-state index contributed by atoms with van der Waals surface area (Å²) in [6, 6.07) is 23.9. The van der Waals surface area contributed by atoms with Gasteiger partial charge in [0.05, 0.1) is 11.4 Å². The molecule has 5 rings (SSSR count). The summed E-state index contributed by atoms with van der Waals surface area (Å²) in [6.07, 6.45) is 1.45. The fourth-order valence-corrected chi connectivity index (χ4v) is 4.29. The molecule has 1 saturated heterocycles. The van der Waals surface area contributed by atoms with Crippen LogP contribution in [0.5, 0.6) is 0 Å². The third kappa shape index (κ3) is 4.15. The highest BCUT2D eigenvalue weighted by atomic mass is 16.2. The monoisotopic (exact) mass is 452 g/mol. The number of carbonyl (C=O) groups excluding carboxylic acids is 2. The first kappa shape index (κ1) is 21.5. The molecule has 1 aliphatic rings. The van der Waals surface area contributed by atoms with Crippen molar-refractivity contribution in [2.45, 2.75) is 0 Å². The van der Waals surface area contributed by atoms with E-state index in [-0.39, 0.29) is 16.9 Å². The van der Waals surface area contributed by atoms with Crippen LogP contribution in [-0.2, 0) is 0 Å². The van der Waals surface area contributed by atoms with Crippen LogP contribution in [-0.4, -0.2) is 47.9 Å². The molecular formula is C27H24N4O3. The summed E-state index contributed by atoms with van der Waals surface area (Å²) >= 11 is 0. The number of hydrogen-bond donors (Lipinski definition) is 2. The molecular weight excluding hydrogens is 428 g/mol. The van der Waals surface area contributed by atoms with E-state index >= 15 is 0 Å². The number of aromatic amines is 1. The highest BCUT2D eigenvalue weighted by Gasteiger charge is 2.24. The number of H-pyrrole nitrogens is 1. The van der Waals surface area contributed by atoms with Crippen molar-refractivity contribution < 1.29 is 9.59 Å². The second-order valence-electron chi connectivity index (χ2n) is 8.19. The predicted octanol–water partition coefficient (Wildman–Crippen LogP) is 3.74. The van der Waals surface area contributed by atoms with E-state index in [9.17, 15) is 14.4 Å². The smallest absolute Gasteiger partial charge is 0.261 e. The van der Waals surface area contributed by atoms with Gasteiger partial charge < -0.3 is 20.1 Å². The van der Waals surface area contributed by atoms with Gasteiger partial charge in [-0.15, -0.1) is 0 Å². The molecule has 0 saturated carbocycles. The Balaban J connectivity index is 1.32. The third-order valence-corrected chi connectivity index (χ3v) is 6.11. The number of amides is 2. The molecule has 7 nitrogen and oxygen atoms in total. The summed E-state index contributed by atoms with van der Waals surface area (Å²) in [7, 11) is 0. The quantitative estimate of drug-likeness (QED) is 0.494. The molecule has 34 heavy (non-hydrogen) atoms. The van der Waals surface area contributed by atoms with E-state index in [1.165, 1.54) is 6.20 Å². The molecule has 0 radical (unpaired) electrons. The van der Waals surface area contributed by atoms with E-state index in [0.29, 0.717) is 48.3 Å². The lowest BCUT2D eigenvalue weighted by Gasteiger charge is -2.37. The number of nitrogens with zero attached hydrogens (tertiary/aromatic N) is 2. The maximum absolute atomic E-state index is 13.0. The van der Waals surface area contributed by atoms with Crippen LogP contribution in [0.4, 0.5) is 11.4 Å². The molecule has 2 amide bonds. The van der Waals surface area contributed by atoms with Crippen LogP contribution >= 0.6 is 0 Å². The van der Waals surface area contributed by atoms with Gasteiger partial charge in [0.2, 0.25) is 5.43 Å². The highest BCUT2D eigenvalue weighted by molar-refractivity contribution is 6.07. The number of nitrogens with one attached hydrogen (secondary N) is 2. The zero-order valence-corrected chi connectivity index (χ0v) is 18.5. The van der Waals surface area contributed by atoms with Gasteiger partial charge >= 0.3 is 0 Å². The minimum atomic E-state index is -0.461. The average molecular weight is 453 g/mol. The first-order valence-electron chi connectivity index (χ1n) is 11.2. The van der Waals surface area contributed by atoms with Crippen molar-refractivity contribution in [1.29, 1.82) is 0 Å². The SMILES string of the molecule is O=C(Nc1ccccc1N1CCN(C(=O)c2ccccc2)CC1)c1c[nH]c2ccccc2c1=O. The number of para-hydroxylation sites is 3. The van der Waals surface area contributed by atoms with Gasteiger partial charge in [0.25, 0.3) is 11.8 Å². The molecule has 0 bridgehead atoms. The van der Waals surface area contributed by atoms with Crippen molar-refractivity contribution in [2.24, 2.45) is 0 Å². The number of hydrogen-bond acceptors (Lipinski definition) is 4. The summed E-state index contributed by atoms with van der Waals surface area (Å²) in [6.45, 7) is 2.45. The zero-order valence-electron chi connectivity index (χ0n) is 18.5. The Morgan fingerprint density at radius 3 is 2.26 bits per heavy atom. The zero-order chi connectivity index (χ0) is 23.5. The topological polar surface area (TPSA) is 85.5 Å². The Labute approximate surface area is 196 Å². The molecule has 170 valence electrons. The predicted molar refractivity (Wildman–Crippen MR) is 134 cm³/mol. The van der Waals surface area contributed by atoms with E-state index in [1.807, 2.05) is 65.6 Å². The number of anilines is 2. The molecule has 0 atom stereocenters. The van der Waals surface area contributed by atoms with Crippen molar-refractivity contribution in [1.82, 2.24) is 9.88 Å². The van der Waals surface area contributed by atoms with Gasteiger partial charge in [-0.25, -0.2) is 0 Å². The summed E-state index contributed by atoms with van der Waals surface area (Å²) in [4.78, 5) is 45.6. The summed E-state index contributed by atoms with van der Waals surface area (Å²) < 4.78 is 0. The minimum absolute atomic E-state index is 0.0253. The van der Waals surface area contributed by atoms with Crippen molar-refractivity contribution in [3.05, 3.63) is 106 Å². The summed E-state index contributed by atoms with van der Waals surface area (Å²) in [5.74, 6) is -0.435. The lowest BCUT2D eigenvalue weighted by molar-refractivity contribution is 0.0746. The van der Waals surface area contributed by atoms with Gasteiger partial charge in [-0.2, -0.15) is 0 Å². The number of benzene rings is 3. The fraction of sp³-hybridized carbons (Fsp3) is 0.148. The summed E-state index contributed by atoms with van der Waals surface area (Å²) in [5, 5.41) is 3.38. The second kappa shape index (κ2) is 9.23. The number of carbonyl (C=O) groups is 2. The molecule has 1 aromatic heterocycles. The molecule has 0 aliphatic carbocycles. The Hall–Kier alpha value is -4.39. The lowest BCUT2D eigenvalue weighted by Crippen LogP contribution is -2.49. The van der Waals surface area contributed by atoms with Gasteiger partial charge in [0.15, 0.2) is 0 Å². The van der Waals surface area contributed by atoms with Crippen molar-refractivity contribution in [3.8, 4) is 0 Å². The van der Waals surface area contributed by atoms with Gasteiger partial charge in [-0.05, 0) is 36.4 Å². The van der Waals surface area contributed by atoms with E-state index in [0.717, 1.165) is 5.69 Å². The van der Waals surface area contributed by atoms with Gasteiger partial charge in [0.1, 0.15) is 5.56 Å². The molecule has 1 fully saturated rings. The average Bonchev–Trinajstić information content (AvgIpc) is 2.89. The van der Waals surface area contributed by atoms with Crippen LogP contribution in [0.2, 0.25) is 0 Å². The maximum Gasteiger partial charge on any atom is 0.261 e. The molecule has 4 aromatic rings. The first-order valence-corrected chi connectivity index (χ1v) is 11.2. The van der Waals surface area contributed by atoms with Gasteiger partial charge in [-0.3, -0.25) is 14.4 Å². The number of aromatic nitrogens is 1. The minimum Gasteiger partial charge on any atom is -0.366 e. The van der Waals surface area contributed by atoms with Gasteiger partial charge in [0, 0.05) is 48.8 Å². The number of piperazine rings is 1. The van der Waals surface area contributed by atoms with Crippen molar-refractivity contribution in [3.63, 3.8) is 0 Å². The van der Waals surface area contributed by atoms with Crippen molar-refractivity contribution in [2.75, 3.05) is 36.4 Å². The molecule has 2 N–H and O–H groups in total. The largest absolute Gasteiger partial charge is 0.366 e. The first-order chi connectivity index (χ1) is 16.6. The Kier molecular flexibility index (Phi) is 5.82. The lowest BCUT2D eigenvalue weighted by atomic mass is 10.1. The van der Waals surface area contributed by atoms with E-state index in [1.54, 1.807) is 18.2 Å². The van der Waals surface area contributed by atoms with Crippen molar-refractivity contribution >= 4 is 34.1 Å². The molecule has 0 spiro atoms. The van der Waals surface area contributed by atoms with Crippen LogP contribution in [0, 0.1) is 0 Å². The van der Waals surface area contributed by atoms with Crippen LogP contribution in [0.15, 0.2) is 89.9 Å². The van der Waals surface area contributed by atoms with E-state index in [2.05, 4.69) is 15.2 Å². The molecule has 2 heterocycles. The van der Waals surface area contributed by atoms with Crippen LogP contribution in [0.1, 0.15) is 20.7 Å². The van der Waals surface area contributed by atoms with Crippen LogP contribution in [0.3, 0.4) is 0 Å². The third-order valence-electron chi connectivity index (χ3n) is 6.11. The summed E-state index contributed by atoms with van der Waals surface area (Å²) in [5.41, 5.74) is 2.61. The molecule has 3 aromatic carbocycles. The second-order valence-corrected chi connectivity index (χ2v) is 8.19. The maximum atomic E-state index is 13.0. The number of pyridine rings is 1. The molecule has 1 aliphatic heterocycles. The Bertz CT molecular complexity index is 1410. The Morgan fingerprint density at radius 1 is 0.794 bits per heavy atom. The number of rotatable bonds is 4. The normalized spacial score (nSPS) is 13.6. The molecule has 0 unspecified atom stereocenters. The number of fused-ring (bicyclic) bond motifs is 1. The standard InChI is InChI=1S/C27H24N4O3/c32-25-20-10-4-5-11-22(20)28-18-21(25)26(33)29-23-12-6-7-13-24(23)30-14-16-31(17-15-30)27(34)19-8-2-1-3-9-19/h1-13,18H,14-17H2,(H,28,32)(H,29,33). The fourth-order valence-electron chi connectivity index (χ4n) is 4.29.